The highest BCUT2D eigenvalue weighted by Crippen LogP contribution is 2.13. The highest BCUT2D eigenvalue weighted by molar-refractivity contribution is 5.77. The second-order valence-corrected chi connectivity index (χ2v) is 6.84. The van der Waals surface area contributed by atoms with E-state index in [1.807, 2.05) is 6.07 Å². The molecule has 4 heteroatoms. The fourth-order valence-electron chi connectivity index (χ4n) is 3.21. The van der Waals surface area contributed by atoms with Gasteiger partial charge in [-0.2, -0.15) is 0 Å². The maximum Gasteiger partial charge on any atom is 0.117 e. The maximum atomic E-state index is 4.15. The minimum atomic E-state index is 0.877. The third-order valence-corrected chi connectivity index (χ3v) is 4.71. The molecule has 0 radical (unpaired) electrons. The first kappa shape index (κ1) is 18.9. The molecule has 2 N–H and O–H groups in total. The summed E-state index contributed by atoms with van der Waals surface area (Å²) in [6.45, 7) is 4.25. The van der Waals surface area contributed by atoms with Gasteiger partial charge in [-0.15, -0.1) is 5.10 Å². The van der Waals surface area contributed by atoms with Crippen LogP contribution < -0.4 is 5.32 Å². The van der Waals surface area contributed by atoms with Crippen molar-refractivity contribution in [3.05, 3.63) is 23.8 Å². The van der Waals surface area contributed by atoms with Gasteiger partial charge < -0.3 is 5.32 Å². The molecule has 0 fully saturated rings. The van der Waals surface area contributed by atoms with Crippen molar-refractivity contribution in [2.24, 2.45) is 0 Å². The molecule has 134 valence electrons. The van der Waals surface area contributed by atoms with Gasteiger partial charge in [-0.05, 0) is 24.6 Å². The van der Waals surface area contributed by atoms with Gasteiger partial charge >= 0.3 is 0 Å². The summed E-state index contributed by atoms with van der Waals surface area (Å²) in [6.07, 6.45) is 15.3. The standard InChI is InChI=1S/C20H34N4/c1-2-3-4-5-6-7-8-9-10-11-12-16-21-17-18-14-13-15-19-20(18)23-24-22-19/h13-15,21H,2-12,16-17H2,1H3,(H,22,23,24). The lowest BCUT2D eigenvalue weighted by Crippen LogP contribution is -2.14. The normalized spacial score (nSPS) is 11.4. The highest BCUT2D eigenvalue weighted by Gasteiger charge is 2.03. The summed E-state index contributed by atoms with van der Waals surface area (Å²) in [6, 6.07) is 6.20. The van der Waals surface area contributed by atoms with Crippen LogP contribution in [-0.2, 0) is 6.54 Å². The van der Waals surface area contributed by atoms with Crippen LogP contribution in [0.3, 0.4) is 0 Å². The van der Waals surface area contributed by atoms with Crippen molar-refractivity contribution < 1.29 is 0 Å². The van der Waals surface area contributed by atoms with Crippen LogP contribution in [0.5, 0.6) is 0 Å². The number of nitrogens with one attached hydrogen (secondary N) is 2. The molecule has 0 spiro atoms. The molecule has 0 aliphatic heterocycles. The quantitative estimate of drug-likeness (QED) is 0.459. The molecular weight excluding hydrogens is 296 g/mol. The molecule has 0 atom stereocenters. The summed E-state index contributed by atoms with van der Waals surface area (Å²) < 4.78 is 0. The summed E-state index contributed by atoms with van der Waals surface area (Å²) >= 11 is 0. The third-order valence-electron chi connectivity index (χ3n) is 4.71. The second kappa shape index (κ2) is 12.0. The van der Waals surface area contributed by atoms with Gasteiger partial charge in [0.15, 0.2) is 0 Å². The van der Waals surface area contributed by atoms with Gasteiger partial charge in [-0.1, -0.05) is 88.5 Å². The first-order chi connectivity index (χ1) is 11.9. The van der Waals surface area contributed by atoms with E-state index in [0.29, 0.717) is 0 Å². The smallest absolute Gasteiger partial charge is 0.117 e. The Morgan fingerprint density at radius 3 is 2.25 bits per heavy atom. The lowest BCUT2D eigenvalue weighted by atomic mass is 10.1. The zero-order valence-corrected chi connectivity index (χ0v) is 15.3. The fourth-order valence-corrected chi connectivity index (χ4v) is 3.21. The van der Waals surface area contributed by atoms with Crippen LogP contribution in [0.1, 0.15) is 83.1 Å². The molecule has 0 bridgehead atoms. The summed E-state index contributed by atoms with van der Waals surface area (Å²) in [4.78, 5) is 0. The first-order valence-electron chi connectivity index (χ1n) is 9.91. The fraction of sp³-hybridized carbons (Fsp3) is 0.700. The van der Waals surface area contributed by atoms with Crippen LogP contribution in [0.2, 0.25) is 0 Å². The van der Waals surface area contributed by atoms with Crippen molar-refractivity contribution in [1.29, 1.82) is 0 Å². The average Bonchev–Trinajstić information content (AvgIpc) is 3.08. The van der Waals surface area contributed by atoms with E-state index in [1.54, 1.807) is 0 Å². The molecule has 2 aromatic rings. The lowest BCUT2D eigenvalue weighted by molar-refractivity contribution is 0.539. The number of hydrogen-bond acceptors (Lipinski definition) is 3. The molecule has 24 heavy (non-hydrogen) atoms. The van der Waals surface area contributed by atoms with Gasteiger partial charge in [0, 0.05) is 6.54 Å². The van der Waals surface area contributed by atoms with Crippen LogP contribution in [0, 0.1) is 0 Å². The minimum absolute atomic E-state index is 0.877. The van der Waals surface area contributed by atoms with Crippen molar-refractivity contribution in [2.45, 2.75) is 84.1 Å². The number of aromatic amines is 1. The SMILES string of the molecule is CCCCCCCCCCCCCNCc1cccc2[nH]nnc12. The number of rotatable bonds is 14. The number of aromatic nitrogens is 3. The van der Waals surface area contributed by atoms with Crippen LogP contribution in [0.4, 0.5) is 0 Å². The van der Waals surface area contributed by atoms with E-state index in [0.717, 1.165) is 24.1 Å². The Labute approximate surface area is 146 Å². The first-order valence-corrected chi connectivity index (χ1v) is 9.91. The van der Waals surface area contributed by atoms with Crippen molar-refractivity contribution in [2.75, 3.05) is 6.54 Å². The predicted octanol–water partition coefficient (Wildman–Crippen LogP) is 5.36. The lowest BCUT2D eigenvalue weighted by Gasteiger charge is -2.06. The molecule has 0 saturated carbocycles. The Kier molecular flexibility index (Phi) is 9.47. The average molecular weight is 331 g/mol. The Bertz CT molecular complexity index is 549. The summed E-state index contributed by atoms with van der Waals surface area (Å²) in [5, 5.41) is 14.5. The molecule has 2 rings (SSSR count). The van der Waals surface area contributed by atoms with Crippen LogP contribution in [0.15, 0.2) is 18.2 Å². The molecule has 0 aliphatic rings. The zero-order valence-electron chi connectivity index (χ0n) is 15.3. The number of fused-ring (bicyclic) bond motifs is 1. The van der Waals surface area contributed by atoms with Crippen LogP contribution in [0.25, 0.3) is 11.0 Å². The van der Waals surface area contributed by atoms with Gasteiger partial charge in [-0.25, -0.2) is 0 Å². The van der Waals surface area contributed by atoms with E-state index in [2.05, 4.69) is 39.8 Å². The van der Waals surface area contributed by atoms with E-state index in [9.17, 15) is 0 Å². The molecule has 1 aromatic heterocycles. The Balaban J connectivity index is 1.41. The Hall–Kier alpha value is -1.42. The van der Waals surface area contributed by atoms with Gasteiger partial charge in [0.2, 0.25) is 0 Å². The molecule has 0 saturated heterocycles. The van der Waals surface area contributed by atoms with Crippen molar-refractivity contribution in [1.82, 2.24) is 20.7 Å². The molecule has 1 aromatic carbocycles. The van der Waals surface area contributed by atoms with E-state index in [-0.39, 0.29) is 0 Å². The second-order valence-electron chi connectivity index (χ2n) is 6.84. The van der Waals surface area contributed by atoms with Crippen molar-refractivity contribution in [3.8, 4) is 0 Å². The van der Waals surface area contributed by atoms with E-state index in [1.165, 1.54) is 76.2 Å². The molecule has 4 nitrogen and oxygen atoms in total. The van der Waals surface area contributed by atoms with Gasteiger partial charge in [0.1, 0.15) is 5.52 Å². The highest BCUT2D eigenvalue weighted by atomic mass is 15.3. The van der Waals surface area contributed by atoms with Gasteiger partial charge in [0.25, 0.3) is 0 Å². The topological polar surface area (TPSA) is 53.6 Å². The van der Waals surface area contributed by atoms with Crippen LogP contribution >= 0.6 is 0 Å². The number of hydrogen-bond donors (Lipinski definition) is 2. The number of nitrogens with zero attached hydrogens (tertiary/aromatic N) is 2. The van der Waals surface area contributed by atoms with Crippen LogP contribution in [-0.4, -0.2) is 22.0 Å². The monoisotopic (exact) mass is 330 g/mol. The molecule has 0 amide bonds. The molecule has 0 unspecified atom stereocenters. The Morgan fingerprint density at radius 2 is 1.54 bits per heavy atom. The maximum absolute atomic E-state index is 4.15. The number of benzene rings is 1. The van der Waals surface area contributed by atoms with E-state index < -0.39 is 0 Å². The summed E-state index contributed by atoms with van der Waals surface area (Å²) in [5.41, 5.74) is 3.23. The third kappa shape index (κ3) is 7.00. The van der Waals surface area contributed by atoms with Crippen molar-refractivity contribution >= 4 is 11.0 Å². The van der Waals surface area contributed by atoms with E-state index >= 15 is 0 Å². The Morgan fingerprint density at radius 1 is 0.875 bits per heavy atom. The zero-order chi connectivity index (χ0) is 16.9. The van der Waals surface area contributed by atoms with Gasteiger partial charge in [0.05, 0.1) is 5.52 Å². The van der Waals surface area contributed by atoms with Gasteiger partial charge in [-0.3, -0.25) is 5.10 Å². The largest absolute Gasteiger partial charge is 0.313 e. The number of H-pyrrole nitrogens is 1. The van der Waals surface area contributed by atoms with Crippen molar-refractivity contribution in [3.63, 3.8) is 0 Å². The minimum Gasteiger partial charge on any atom is -0.313 e. The summed E-state index contributed by atoms with van der Waals surface area (Å²) in [5.74, 6) is 0. The molecule has 0 aliphatic carbocycles. The molecule has 1 heterocycles. The predicted molar refractivity (Wildman–Crippen MR) is 102 cm³/mol. The number of unbranched alkanes of at least 4 members (excludes halogenated alkanes) is 10. The van der Waals surface area contributed by atoms with E-state index in [4.69, 9.17) is 0 Å². The summed E-state index contributed by atoms with van der Waals surface area (Å²) in [7, 11) is 0. The molecular formula is C20H34N4.